The number of halogens is 6. The van der Waals surface area contributed by atoms with Gasteiger partial charge in [0.1, 0.15) is 22.7 Å². The Morgan fingerprint density at radius 1 is 0.358 bits per heavy atom. The molecule has 0 aliphatic rings. The molecule has 13 aromatic rings. The molecule has 81 heavy (non-hydrogen) atoms. The number of benzene rings is 10. The van der Waals surface area contributed by atoms with Crippen molar-refractivity contribution in [2.24, 2.45) is 0 Å². The summed E-state index contributed by atoms with van der Waals surface area (Å²) in [6, 6.07) is 62.4. The van der Waals surface area contributed by atoms with Gasteiger partial charge in [-0.25, -0.2) is 0 Å². The van der Waals surface area contributed by atoms with Crippen molar-refractivity contribution in [3.8, 4) is 17.2 Å². The number of ether oxygens (including phenoxy) is 2. The van der Waals surface area contributed by atoms with Crippen molar-refractivity contribution in [2.75, 3.05) is 9.80 Å². The molecule has 0 unspecified atom stereocenters. The molecule has 3 heterocycles. The zero-order chi connectivity index (χ0) is 56.3. The first-order valence-corrected chi connectivity index (χ1v) is 26.4. The van der Waals surface area contributed by atoms with Gasteiger partial charge in [-0.1, -0.05) is 133 Å². The summed E-state index contributed by atoms with van der Waals surface area (Å²) in [6.45, 7) is 12.8. The molecule has 10 aromatic carbocycles. The Labute approximate surface area is 461 Å². The van der Waals surface area contributed by atoms with Crippen LogP contribution in [0.1, 0.15) is 52.7 Å². The Morgan fingerprint density at radius 3 is 1.27 bits per heavy atom. The van der Waals surface area contributed by atoms with Crippen LogP contribution >= 0.6 is 0 Å². The van der Waals surface area contributed by atoms with Crippen molar-refractivity contribution in [2.45, 2.75) is 65.1 Å². The molecule has 0 bridgehead atoms. The minimum Gasteiger partial charge on any atom is -0.454 e. The van der Waals surface area contributed by atoms with Crippen molar-refractivity contribution in [3.05, 3.63) is 211 Å². The van der Waals surface area contributed by atoms with Gasteiger partial charge in [-0.05, 0) is 131 Å². The van der Waals surface area contributed by atoms with E-state index in [4.69, 9.17) is 8.83 Å². The fourth-order valence-electron chi connectivity index (χ4n) is 11.5. The minimum atomic E-state index is -4.88. The maximum absolute atomic E-state index is 13.5. The van der Waals surface area contributed by atoms with Gasteiger partial charge in [0, 0.05) is 71.9 Å². The van der Waals surface area contributed by atoms with Crippen LogP contribution in [0.4, 0.5) is 60.5 Å². The van der Waals surface area contributed by atoms with Gasteiger partial charge in [-0.15, -0.1) is 26.3 Å². The maximum atomic E-state index is 13.5. The molecule has 0 N–H and O–H groups in total. The fraction of sp³-hybridized carbons (Fsp3) is 0.147. The smallest absolute Gasteiger partial charge is 0.454 e. The summed E-state index contributed by atoms with van der Waals surface area (Å²) in [7, 11) is 0. The van der Waals surface area contributed by atoms with Gasteiger partial charge in [0.15, 0.2) is 11.2 Å². The summed E-state index contributed by atoms with van der Waals surface area (Å²) in [4.78, 5) is 3.99. The van der Waals surface area contributed by atoms with E-state index in [9.17, 15) is 26.3 Å². The number of hydrogen-bond donors (Lipinski definition) is 0. The number of fused-ring (bicyclic) bond motifs is 10. The lowest BCUT2D eigenvalue weighted by atomic mass is 9.86. The standard InChI is InChI=1S/C68H51F6N3O4/c1-65(2,3)55-20-10-16-50-52-18-12-22-57(63(52)78-61(50)55)75(43-26-31-47(32-27-43)80-67(69,70)71)45-25-24-40-37-54-49-35-30-46(39-60(49)77(42-14-8-7-9-15-42)59(54)38-41(40)36-45)76(44-28-33-48(34-29-44)81-68(72,73)74)58-23-13-19-53-51-17-11-21-56(66(4,5)6)62(51)79-64(53)58/h7-39H,1-6H3. The molecule has 7 nitrogen and oxygen atoms in total. The maximum Gasteiger partial charge on any atom is 0.573 e. The number of furan rings is 2. The van der Waals surface area contributed by atoms with Gasteiger partial charge < -0.3 is 32.7 Å². The highest BCUT2D eigenvalue weighted by atomic mass is 19.4. The SMILES string of the molecule is CC(C)(C)c1cccc2c1oc1c(N(c3ccc(OC(F)(F)F)cc3)c3ccc4cc5c6ccc(N(c7ccc(OC(F)(F)F)cc7)c7cccc8c7oc7c(C(C)(C)C)cccc78)cc6n(-c6ccccc6)c5cc4c3)cccc12. The van der Waals surface area contributed by atoms with Crippen LogP contribution in [0.5, 0.6) is 11.5 Å². The van der Waals surface area contributed by atoms with Crippen LogP contribution < -0.4 is 19.3 Å². The van der Waals surface area contributed by atoms with Crippen LogP contribution in [0.25, 0.3) is 82.1 Å². The number of alkyl halides is 6. The molecule has 0 radical (unpaired) electrons. The second-order valence-electron chi connectivity index (χ2n) is 22.4. The highest BCUT2D eigenvalue weighted by Crippen LogP contribution is 2.49. The molecule has 0 saturated carbocycles. The Morgan fingerprint density at radius 2 is 0.790 bits per heavy atom. The van der Waals surface area contributed by atoms with E-state index in [0.29, 0.717) is 39.6 Å². The number of rotatable bonds is 9. The van der Waals surface area contributed by atoms with Crippen LogP contribution in [-0.2, 0) is 10.8 Å². The second kappa shape index (κ2) is 18.6. The van der Waals surface area contributed by atoms with E-state index in [1.807, 2.05) is 119 Å². The van der Waals surface area contributed by atoms with Crippen LogP contribution in [-0.4, -0.2) is 17.3 Å². The molecule has 0 fully saturated rings. The number of para-hydroxylation sites is 5. The molecule has 0 spiro atoms. The van der Waals surface area contributed by atoms with Gasteiger partial charge in [0.2, 0.25) is 0 Å². The third-order valence-electron chi connectivity index (χ3n) is 15.0. The molecule has 13 heteroatoms. The van der Waals surface area contributed by atoms with Crippen LogP contribution in [0, 0.1) is 0 Å². The first-order valence-electron chi connectivity index (χ1n) is 26.4. The van der Waals surface area contributed by atoms with E-state index < -0.39 is 12.7 Å². The molecule has 0 saturated heterocycles. The average Bonchev–Trinajstić information content (AvgIpc) is 4.21. The summed E-state index contributed by atoms with van der Waals surface area (Å²) >= 11 is 0. The van der Waals surface area contributed by atoms with Crippen molar-refractivity contribution < 1.29 is 44.7 Å². The molecule has 13 rings (SSSR count). The van der Waals surface area contributed by atoms with Crippen LogP contribution in [0.15, 0.2) is 209 Å². The molecule has 3 aromatic heterocycles. The number of hydrogen-bond acceptors (Lipinski definition) is 6. The summed E-state index contributed by atoms with van der Waals surface area (Å²) in [5, 5.41) is 7.39. The fourth-order valence-corrected chi connectivity index (χ4v) is 11.5. The first-order chi connectivity index (χ1) is 38.6. The highest BCUT2D eigenvalue weighted by molar-refractivity contribution is 6.16. The van der Waals surface area contributed by atoms with Crippen molar-refractivity contribution in [1.82, 2.24) is 4.57 Å². The van der Waals surface area contributed by atoms with E-state index >= 15 is 0 Å². The van der Waals surface area contributed by atoms with Gasteiger partial charge in [-0.2, -0.15) is 0 Å². The quantitative estimate of drug-likeness (QED) is 0.134. The molecule has 0 aliphatic carbocycles. The molecular weight excluding hydrogens is 1040 g/mol. The predicted octanol–water partition coefficient (Wildman–Crippen LogP) is 21.1. The molecule has 0 aliphatic heterocycles. The molecule has 0 amide bonds. The number of nitrogens with zero attached hydrogens (tertiary/aromatic N) is 3. The lowest BCUT2D eigenvalue weighted by molar-refractivity contribution is -0.275. The van der Waals surface area contributed by atoms with Gasteiger partial charge in [-0.3, -0.25) is 0 Å². The molecule has 0 atom stereocenters. The van der Waals surface area contributed by atoms with E-state index in [1.54, 1.807) is 24.3 Å². The van der Waals surface area contributed by atoms with E-state index in [0.717, 1.165) is 87.8 Å². The Bertz CT molecular complexity index is 4580. The van der Waals surface area contributed by atoms with Gasteiger partial charge in [0.25, 0.3) is 0 Å². The largest absolute Gasteiger partial charge is 0.573 e. The summed E-state index contributed by atoms with van der Waals surface area (Å²) < 4.78 is 106. The van der Waals surface area contributed by atoms with Crippen molar-refractivity contribution in [3.63, 3.8) is 0 Å². The number of aromatic nitrogens is 1. The highest BCUT2D eigenvalue weighted by Gasteiger charge is 2.33. The average molecular weight is 1090 g/mol. The third kappa shape index (κ3) is 9.16. The van der Waals surface area contributed by atoms with Gasteiger partial charge in [0.05, 0.1) is 22.4 Å². The van der Waals surface area contributed by atoms with E-state index in [-0.39, 0.29) is 22.3 Å². The van der Waals surface area contributed by atoms with E-state index in [2.05, 4.69) is 98.0 Å². The Hall–Kier alpha value is -9.36. The Kier molecular flexibility index (Phi) is 11.7. The van der Waals surface area contributed by atoms with Crippen molar-refractivity contribution >= 4 is 111 Å². The summed E-state index contributed by atoms with van der Waals surface area (Å²) in [6.07, 6.45) is -9.75. The van der Waals surface area contributed by atoms with Crippen LogP contribution in [0.3, 0.4) is 0 Å². The molecule has 404 valence electrons. The van der Waals surface area contributed by atoms with Crippen LogP contribution in [0.2, 0.25) is 0 Å². The lowest BCUT2D eigenvalue weighted by Crippen LogP contribution is -2.17. The topological polar surface area (TPSA) is 56.1 Å². The third-order valence-corrected chi connectivity index (χ3v) is 15.0. The normalized spacial score (nSPS) is 12.7. The summed E-state index contributed by atoms with van der Waals surface area (Å²) in [5.74, 6) is -0.700. The Balaban J connectivity index is 1.02. The van der Waals surface area contributed by atoms with E-state index in [1.165, 1.54) is 24.3 Å². The van der Waals surface area contributed by atoms with Gasteiger partial charge >= 0.3 is 12.7 Å². The van der Waals surface area contributed by atoms with Crippen molar-refractivity contribution in [1.29, 1.82) is 0 Å². The minimum absolute atomic E-state index is 0.236. The number of anilines is 6. The zero-order valence-corrected chi connectivity index (χ0v) is 44.8. The molecular formula is C68H51F6N3O4. The zero-order valence-electron chi connectivity index (χ0n) is 44.8. The first kappa shape index (κ1) is 51.1. The lowest BCUT2D eigenvalue weighted by Gasteiger charge is -2.26. The monoisotopic (exact) mass is 1090 g/mol. The predicted molar refractivity (Wildman–Crippen MR) is 313 cm³/mol. The second-order valence-corrected chi connectivity index (χ2v) is 22.4. The summed E-state index contributed by atoms with van der Waals surface area (Å²) in [5.41, 5.74) is 10.9.